The molecular formula is C73H66N4O. The van der Waals surface area contributed by atoms with E-state index < -0.39 is 5.41 Å². The van der Waals surface area contributed by atoms with Gasteiger partial charge in [-0.2, -0.15) is 0 Å². The van der Waals surface area contributed by atoms with Crippen molar-refractivity contribution in [2.45, 2.75) is 89.9 Å². The molecule has 9 aromatic carbocycles. The van der Waals surface area contributed by atoms with Crippen LogP contribution < -0.4 is 15.4 Å². The van der Waals surface area contributed by atoms with E-state index in [0.29, 0.717) is 0 Å². The first kappa shape index (κ1) is 48.9. The lowest BCUT2D eigenvalue weighted by molar-refractivity contribution is 0.483. The molecule has 3 aliphatic rings. The number of nitrogens with one attached hydrogen (secondary N) is 2. The Bertz CT molecular complexity index is 4010. The smallest absolute Gasteiger partial charge is 0.137 e. The Balaban J connectivity index is 0.933. The predicted molar refractivity (Wildman–Crippen MR) is 325 cm³/mol. The van der Waals surface area contributed by atoms with Crippen LogP contribution in [0.3, 0.4) is 0 Å². The van der Waals surface area contributed by atoms with E-state index in [1.54, 1.807) is 0 Å². The van der Waals surface area contributed by atoms with E-state index in [-0.39, 0.29) is 22.2 Å². The lowest BCUT2D eigenvalue weighted by atomic mass is 9.50. The lowest BCUT2D eigenvalue weighted by Gasteiger charge is -2.51. The van der Waals surface area contributed by atoms with Gasteiger partial charge < -0.3 is 15.4 Å². The van der Waals surface area contributed by atoms with Crippen molar-refractivity contribution in [3.63, 3.8) is 0 Å². The summed E-state index contributed by atoms with van der Waals surface area (Å²) in [5.41, 5.74) is 20.7. The van der Waals surface area contributed by atoms with Crippen LogP contribution in [0.1, 0.15) is 124 Å². The van der Waals surface area contributed by atoms with E-state index in [4.69, 9.17) is 9.72 Å². The van der Waals surface area contributed by atoms with Crippen LogP contribution in [0.4, 0.5) is 22.7 Å². The van der Waals surface area contributed by atoms with Gasteiger partial charge in [0.15, 0.2) is 0 Å². The molecule has 0 radical (unpaired) electrons. The molecule has 0 atom stereocenters. The number of nitrogens with zero attached hydrogens (tertiary/aromatic N) is 2. The Morgan fingerprint density at radius 2 is 0.974 bits per heavy atom. The number of ether oxygens (including phenoxy) is 1. The minimum atomic E-state index is -0.621. The first-order valence-corrected chi connectivity index (χ1v) is 27.5. The summed E-state index contributed by atoms with van der Waals surface area (Å²) in [4.78, 5) is 4.91. The first-order valence-electron chi connectivity index (χ1n) is 27.5. The van der Waals surface area contributed by atoms with Gasteiger partial charge in [-0.3, -0.25) is 4.57 Å². The minimum absolute atomic E-state index is 0.0238. The summed E-state index contributed by atoms with van der Waals surface area (Å²) in [5.74, 6) is 2.51. The normalized spacial score (nSPS) is 15.7. The molecule has 3 aliphatic carbocycles. The van der Waals surface area contributed by atoms with E-state index in [2.05, 4.69) is 284 Å². The van der Waals surface area contributed by atoms with Crippen LogP contribution in [0, 0.1) is 0 Å². The zero-order valence-electron chi connectivity index (χ0n) is 46.2. The maximum absolute atomic E-state index is 6.79. The van der Waals surface area contributed by atoms with Gasteiger partial charge in [0.25, 0.3) is 0 Å². The zero-order chi connectivity index (χ0) is 53.7. The zero-order valence-corrected chi connectivity index (χ0v) is 46.2. The highest BCUT2D eigenvalue weighted by molar-refractivity contribution is 6.09. The van der Waals surface area contributed by atoms with E-state index in [1.165, 1.54) is 66.6 Å². The fourth-order valence-corrected chi connectivity index (χ4v) is 12.6. The standard InChI is InChI=1S/C73H66N4O/c1-70(2,3)47-38-39-74-67(43-47)77-65-35-19-13-24-54(65)55-37-36-52(45-66(55)77)78-51-23-20-22-50(44-51)75-63-33-17-18-34-64(63)76-69-53(46-40-48(71(4,5)6)42-49(41-46)72(7,8)9)28-21-32-62(69)73-59-29-14-10-25-56(59)68(57-26-11-15-30-60(57)73)58-27-12-16-31-61(58)73/h10-45,68,75-76H,1-9H3. The van der Waals surface area contributed by atoms with E-state index in [0.717, 1.165) is 62.0 Å². The lowest BCUT2D eigenvalue weighted by Crippen LogP contribution is -2.43. The third-order valence-electron chi connectivity index (χ3n) is 16.5. The quantitative estimate of drug-likeness (QED) is 0.151. The molecule has 2 bridgehead atoms. The molecule has 14 rings (SSSR count). The van der Waals surface area contributed by atoms with E-state index >= 15 is 0 Å². The number of hydrogen-bond acceptors (Lipinski definition) is 4. The molecular weight excluding hydrogens is 949 g/mol. The third-order valence-corrected chi connectivity index (χ3v) is 16.5. The van der Waals surface area contributed by atoms with E-state index in [1.807, 2.05) is 12.3 Å². The summed E-state index contributed by atoms with van der Waals surface area (Å²) < 4.78 is 9.06. The van der Waals surface area contributed by atoms with Gasteiger partial charge in [0.05, 0.1) is 33.5 Å². The van der Waals surface area contributed by atoms with Gasteiger partial charge in [-0.25, -0.2) is 4.98 Å². The van der Waals surface area contributed by atoms with Crippen LogP contribution in [0.5, 0.6) is 11.5 Å². The molecule has 0 unspecified atom stereocenters. The molecule has 0 amide bonds. The molecule has 2 heterocycles. The Morgan fingerprint density at radius 3 is 1.62 bits per heavy atom. The highest BCUT2D eigenvalue weighted by atomic mass is 16.5. The van der Waals surface area contributed by atoms with Crippen molar-refractivity contribution in [3.05, 3.63) is 274 Å². The van der Waals surface area contributed by atoms with Gasteiger partial charge in [-0.1, -0.05) is 208 Å². The van der Waals surface area contributed by atoms with Gasteiger partial charge in [0.2, 0.25) is 0 Å². The van der Waals surface area contributed by atoms with Gasteiger partial charge in [-0.05, 0) is 132 Å². The van der Waals surface area contributed by atoms with Crippen LogP contribution >= 0.6 is 0 Å². The number of benzene rings is 9. The minimum Gasteiger partial charge on any atom is -0.457 e. The largest absolute Gasteiger partial charge is 0.457 e. The molecule has 0 saturated heterocycles. The SMILES string of the molecule is CC(C)(C)c1cc(-c2cccc(C34c5ccccc5C(c5ccccc53)c3ccccc34)c2Nc2ccccc2Nc2cccc(Oc3ccc4c5ccccc5n(-c5cc(C(C)(C)C)ccn5)c4c3)c2)cc(C(C)(C)C)c1. The average molecular weight is 1020 g/mol. The summed E-state index contributed by atoms with van der Waals surface area (Å²) >= 11 is 0. The van der Waals surface area contributed by atoms with Crippen LogP contribution in [0.2, 0.25) is 0 Å². The average Bonchev–Trinajstić information content (AvgIpc) is 1.98. The highest BCUT2D eigenvalue weighted by Gasteiger charge is 2.53. The molecule has 5 nitrogen and oxygen atoms in total. The number of pyridine rings is 1. The molecule has 0 fully saturated rings. The second-order valence-electron chi connectivity index (χ2n) is 24.6. The summed E-state index contributed by atoms with van der Waals surface area (Å²) in [6.45, 7) is 20.7. The second-order valence-corrected chi connectivity index (χ2v) is 24.6. The fourth-order valence-electron chi connectivity index (χ4n) is 12.6. The maximum atomic E-state index is 6.79. The fraction of sp³-hybridized carbons (Fsp3) is 0.192. The Labute approximate surface area is 459 Å². The summed E-state index contributed by atoms with van der Waals surface area (Å²) in [5, 5.41) is 10.4. The molecule has 5 heteroatoms. The Morgan fingerprint density at radius 1 is 0.436 bits per heavy atom. The Hall–Kier alpha value is -8.67. The molecule has 0 spiro atoms. The van der Waals surface area contributed by atoms with Crippen molar-refractivity contribution in [1.29, 1.82) is 0 Å². The van der Waals surface area contributed by atoms with Crippen molar-refractivity contribution in [2.24, 2.45) is 0 Å². The highest BCUT2D eigenvalue weighted by Crippen LogP contribution is 2.63. The van der Waals surface area contributed by atoms with Crippen molar-refractivity contribution in [1.82, 2.24) is 9.55 Å². The van der Waals surface area contributed by atoms with Crippen molar-refractivity contribution in [3.8, 4) is 28.4 Å². The number of para-hydroxylation sites is 4. The number of fused-ring (bicyclic) bond motifs is 3. The predicted octanol–water partition coefficient (Wildman–Crippen LogP) is 19.2. The molecule has 78 heavy (non-hydrogen) atoms. The molecule has 0 aliphatic heterocycles. The first-order chi connectivity index (χ1) is 37.6. The number of anilines is 4. The maximum Gasteiger partial charge on any atom is 0.137 e. The van der Waals surface area contributed by atoms with Crippen molar-refractivity contribution >= 4 is 44.6 Å². The number of aromatic nitrogens is 2. The molecule has 384 valence electrons. The molecule has 11 aromatic rings. The molecule has 0 saturated carbocycles. The van der Waals surface area contributed by atoms with Crippen LogP contribution in [-0.4, -0.2) is 9.55 Å². The van der Waals surface area contributed by atoms with E-state index in [9.17, 15) is 0 Å². The topological polar surface area (TPSA) is 51.1 Å². The monoisotopic (exact) mass is 1010 g/mol. The Kier molecular flexibility index (Phi) is 11.4. The van der Waals surface area contributed by atoms with Gasteiger partial charge in [0.1, 0.15) is 17.3 Å². The van der Waals surface area contributed by atoms with Gasteiger partial charge >= 0.3 is 0 Å². The third kappa shape index (κ3) is 8.09. The molecule has 2 N–H and O–H groups in total. The summed E-state index contributed by atoms with van der Waals surface area (Å²) in [6.07, 6.45) is 1.92. The van der Waals surface area contributed by atoms with Crippen LogP contribution in [0.15, 0.2) is 219 Å². The molecule has 2 aromatic heterocycles. The van der Waals surface area contributed by atoms with Crippen molar-refractivity contribution < 1.29 is 4.74 Å². The number of hydrogen-bond donors (Lipinski definition) is 2. The summed E-state index contributed by atoms with van der Waals surface area (Å²) in [7, 11) is 0. The van der Waals surface area contributed by atoms with Crippen LogP contribution in [-0.2, 0) is 21.7 Å². The van der Waals surface area contributed by atoms with Crippen LogP contribution in [0.25, 0.3) is 38.8 Å². The summed E-state index contributed by atoms with van der Waals surface area (Å²) in [6, 6.07) is 78.0. The second kappa shape index (κ2) is 18.2. The van der Waals surface area contributed by atoms with Gasteiger partial charge in [-0.15, -0.1) is 0 Å². The van der Waals surface area contributed by atoms with Crippen molar-refractivity contribution in [2.75, 3.05) is 10.6 Å². The number of rotatable bonds is 9. The van der Waals surface area contributed by atoms with Gasteiger partial charge in [0, 0.05) is 46.3 Å².